The molecule has 22 heavy (non-hydrogen) atoms. The summed E-state index contributed by atoms with van der Waals surface area (Å²) in [6.45, 7) is 0.379. The number of hydrogen-bond donors (Lipinski definition) is 1. The summed E-state index contributed by atoms with van der Waals surface area (Å²) in [5.74, 6) is -0.680. The molecule has 2 aliphatic rings. The van der Waals surface area contributed by atoms with E-state index in [1.54, 1.807) is 12.0 Å². The Balaban J connectivity index is 1.90. The van der Waals surface area contributed by atoms with Crippen LogP contribution in [0.4, 0.5) is 0 Å². The lowest BCUT2D eigenvalue weighted by molar-refractivity contribution is -0.141. The average Bonchev–Trinajstić information content (AvgIpc) is 3.11. The molecular weight excluding hydrogens is 302 g/mol. The van der Waals surface area contributed by atoms with E-state index < -0.39 is 12.0 Å². The fourth-order valence-corrected chi connectivity index (χ4v) is 4.74. The monoisotopic (exact) mass is 323 g/mol. The molecular formula is C16H21NO4S. The Labute approximate surface area is 133 Å². The molecule has 1 N–H and O–H groups in total. The number of fused-ring (bicyclic) bond motifs is 1. The van der Waals surface area contributed by atoms with Gasteiger partial charge in [-0.05, 0) is 36.6 Å². The number of methoxy groups -OCH3 is 1. The number of carboxylic acid groups (broad SMARTS) is 1. The van der Waals surface area contributed by atoms with Gasteiger partial charge in [-0.2, -0.15) is 0 Å². The Morgan fingerprint density at radius 3 is 2.91 bits per heavy atom. The number of rotatable bonds is 4. The van der Waals surface area contributed by atoms with Gasteiger partial charge in [-0.3, -0.25) is 4.79 Å². The van der Waals surface area contributed by atoms with Crippen LogP contribution in [-0.2, 0) is 16.1 Å². The lowest BCUT2D eigenvalue weighted by Gasteiger charge is -2.33. The fourth-order valence-electron chi connectivity index (χ4n) is 3.88. The second kappa shape index (κ2) is 6.38. The second-order valence-electron chi connectivity index (χ2n) is 6.12. The molecule has 120 valence electrons. The Kier molecular flexibility index (Phi) is 4.49. The summed E-state index contributed by atoms with van der Waals surface area (Å²) in [4.78, 5) is 26.9. The molecule has 1 aromatic heterocycles. The van der Waals surface area contributed by atoms with Gasteiger partial charge in [0.25, 0.3) is 5.91 Å². The van der Waals surface area contributed by atoms with Crippen molar-refractivity contribution in [1.82, 2.24) is 4.90 Å². The zero-order valence-electron chi connectivity index (χ0n) is 12.7. The third kappa shape index (κ3) is 2.65. The summed E-state index contributed by atoms with van der Waals surface area (Å²) in [5.41, 5.74) is 0.848. The zero-order chi connectivity index (χ0) is 15.7. The maximum atomic E-state index is 13.0. The number of carbonyl (C=O) groups excluding carboxylic acids is 1. The van der Waals surface area contributed by atoms with Crippen LogP contribution in [0.1, 0.15) is 47.3 Å². The SMILES string of the molecule is COCc1ccsc1C(=O)N1C(C(=O)O)CC2CCCCC21. The summed E-state index contributed by atoms with van der Waals surface area (Å²) in [7, 11) is 1.60. The van der Waals surface area contributed by atoms with Crippen molar-refractivity contribution in [2.75, 3.05) is 7.11 Å². The standard InChI is InChI=1S/C16H21NO4S/c1-21-9-11-6-7-22-14(11)15(18)17-12-5-3-2-4-10(12)8-13(17)16(19)20/h6-7,10,12-13H,2-5,8-9H2,1H3,(H,19,20). The molecule has 1 saturated heterocycles. The fraction of sp³-hybridized carbons (Fsp3) is 0.625. The van der Waals surface area contributed by atoms with Crippen molar-refractivity contribution in [2.45, 2.75) is 50.8 Å². The third-order valence-electron chi connectivity index (χ3n) is 4.85. The summed E-state index contributed by atoms with van der Waals surface area (Å²) in [6, 6.07) is 1.28. The van der Waals surface area contributed by atoms with Gasteiger partial charge in [0.2, 0.25) is 0 Å². The molecule has 0 aromatic carbocycles. The number of aliphatic carboxylic acids is 1. The number of amides is 1. The van der Waals surface area contributed by atoms with Crippen LogP contribution in [0.5, 0.6) is 0 Å². The average molecular weight is 323 g/mol. The van der Waals surface area contributed by atoms with E-state index in [1.165, 1.54) is 11.3 Å². The lowest BCUT2D eigenvalue weighted by atomic mass is 9.84. The number of ether oxygens (including phenoxy) is 1. The number of carbonyl (C=O) groups is 2. The second-order valence-corrected chi connectivity index (χ2v) is 7.04. The Bertz CT molecular complexity index is 570. The maximum absolute atomic E-state index is 13.0. The van der Waals surface area contributed by atoms with E-state index in [9.17, 15) is 14.7 Å². The molecule has 5 nitrogen and oxygen atoms in total. The van der Waals surface area contributed by atoms with Crippen LogP contribution in [0.15, 0.2) is 11.4 Å². The van der Waals surface area contributed by atoms with Crippen molar-refractivity contribution in [3.63, 3.8) is 0 Å². The molecule has 2 heterocycles. The molecule has 1 aliphatic heterocycles. The van der Waals surface area contributed by atoms with Crippen LogP contribution in [0.3, 0.4) is 0 Å². The van der Waals surface area contributed by atoms with Crippen LogP contribution < -0.4 is 0 Å². The largest absolute Gasteiger partial charge is 0.480 e. The predicted molar refractivity (Wildman–Crippen MR) is 83.0 cm³/mol. The van der Waals surface area contributed by atoms with Crippen LogP contribution in [0.2, 0.25) is 0 Å². The van der Waals surface area contributed by atoms with Gasteiger partial charge >= 0.3 is 5.97 Å². The van der Waals surface area contributed by atoms with Crippen molar-refractivity contribution in [3.8, 4) is 0 Å². The highest BCUT2D eigenvalue weighted by Crippen LogP contribution is 2.41. The summed E-state index contributed by atoms with van der Waals surface area (Å²) in [5, 5.41) is 11.4. The smallest absolute Gasteiger partial charge is 0.326 e. The maximum Gasteiger partial charge on any atom is 0.326 e. The molecule has 1 aromatic rings. The van der Waals surface area contributed by atoms with Gasteiger partial charge in [0.1, 0.15) is 6.04 Å². The number of thiophene rings is 1. The number of hydrogen-bond acceptors (Lipinski definition) is 4. The van der Waals surface area contributed by atoms with E-state index in [0.717, 1.165) is 31.2 Å². The van der Waals surface area contributed by atoms with Crippen LogP contribution >= 0.6 is 11.3 Å². The highest BCUT2D eigenvalue weighted by molar-refractivity contribution is 7.12. The molecule has 1 saturated carbocycles. The predicted octanol–water partition coefficient (Wildman–Crippen LogP) is 2.75. The first-order valence-corrected chi connectivity index (χ1v) is 8.62. The molecule has 6 heteroatoms. The molecule has 0 bridgehead atoms. The van der Waals surface area contributed by atoms with Crippen molar-refractivity contribution >= 4 is 23.2 Å². The summed E-state index contributed by atoms with van der Waals surface area (Å²) >= 11 is 1.37. The van der Waals surface area contributed by atoms with Crippen molar-refractivity contribution < 1.29 is 19.4 Å². The quantitative estimate of drug-likeness (QED) is 0.925. The van der Waals surface area contributed by atoms with E-state index in [1.807, 2.05) is 11.4 Å². The minimum absolute atomic E-state index is 0.0832. The third-order valence-corrected chi connectivity index (χ3v) is 5.79. The van der Waals surface area contributed by atoms with E-state index in [2.05, 4.69) is 0 Å². The van der Waals surface area contributed by atoms with Gasteiger partial charge in [-0.15, -0.1) is 11.3 Å². The summed E-state index contributed by atoms with van der Waals surface area (Å²) < 4.78 is 5.14. The first-order valence-electron chi connectivity index (χ1n) is 7.74. The van der Waals surface area contributed by atoms with Crippen LogP contribution in [0.25, 0.3) is 0 Å². The topological polar surface area (TPSA) is 66.8 Å². The van der Waals surface area contributed by atoms with Gasteiger partial charge in [-0.1, -0.05) is 12.8 Å². The van der Waals surface area contributed by atoms with Gasteiger partial charge in [0, 0.05) is 18.7 Å². The van der Waals surface area contributed by atoms with E-state index in [4.69, 9.17) is 4.74 Å². The first-order chi connectivity index (χ1) is 10.6. The molecule has 3 rings (SSSR count). The van der Waals surface area contributed by atoms with Gasteiger partial charge in [0.15, 0.2) is 0 Å². The van der Waals surface area contributed by atoms with Gasteiger partial charge in [0.05, 0.1) is 11.5 Å². The van der Waals surface area contributed by atoms with Gasteiger partial charge < -0.3 is 14.7 Å². The van der Waals surface area contributed by atoms with E-state index in [-0.39, 0.29) is 11.9 Å². The minimum Gasteiger partial charge on any atom is -0.480 e. The molecule has 3 atom stereocenters. The number of likely N-dealkylation sites (tertiary alicyclic amines) is 1. The highest BCUT2D eigenvalue weighted by atomic mass is 32.1. The Morgan fingerprint density at radius 2 is 2.18 bits per heavy atom. The first kappa shape index (κ1) is 15.5. The normalized spacial score (nSPS) is 27.7. The van der Waals surface area contributed by atoms with E-state index >= 15 is 0 Å². The zero-order valence-corrected chi connectivity index (χ0v) is 13.5. The Morgan fingerprint density at radius 1 is 1.41 bits per heavy atom. The Hall–Kier alpha value is -1.40. The van der Waals surface area contributed by atoms with E-state index in [0.29, 0.717) is 23.8 Å². The van der Waals surface area contributed by atoms with Crippen LogP contribution in [-0.4, -0.2) is 41.1 Å². The molecule has 2 fully saturated rings. The van der Waals surface area contributed by atoms with Crippen molar-refractivity contribution in [3.05, 3.63) is 21.9 Å². The molecule has 1 amide bonds. The number of carboxylic acids is 1. The minimum atomic E-state index is -0.882. The summed E-state index contributed by atoms with van der Waals surface area (Å²) in [6.07, 6.45) is 4.77. The molecule has 1 aliphatic carbocycles. The highest BCUT2D eigenvalue weighted by Gasteiger charge is 2.48. The lowest BCUT2D eigenvalue weighted by Crippen LogP contribution is -2.46. The molecule has 0 radical (unpaired) electrons. The van der Waals surface area contributed by atoms with Gasteiger partial charge in [-0.25, -0.2) is 4.79 Å². The van der Waals surface area contributed by atoms with Crippen molar-refractivity contribution in [2.24, 2.45) is 5.92 Å². The van der Waals surface area contributed by atoms with Crippen LogP contribution in [0, 0.1) is 5.92 Å². The van der Waals surface area contributed by atoms with Crippen molar-refractivity contribution in [1.29, 1.82) is 0 Å². The molecule has 3 unspecified atom stereocenters. The number of nitrogens with zero attached hydrogens (tertiary/aromatic N) is 1. The molecule has 0 spiro atoms.